The second-order valence-corrected chi connectivity index (χ2v) is 8.53. The molecule has 1 rings (SSSR count). The largest absolute Gasteiger partial charge is 0.229 e. The maximum absolute atomic E-state index is 11.6. The molecule has 0 atom stereocenters. The number of sulfone groups is 1. The molecule has 96 valence electrons. The van der Waals surface area contributed by atoms with Crippen LogP contribution in [0.25, 0.3) is 0 Å². The van der Waals surface area contributed by atoms with Gasteiger partial charge in [-0.2, -0.15) is 0 Å². The van der Waals surface area contributed by atoms with Crippen LogP contribution in [0.15, 0.2) is 0 Å². The number of rotatable bonds is 5. The van der Waals surface area contributed by atoms with Gasteiger partial charge in [0.05, 0.1) is 11.5 Å². The van der Waals surface area contributed by atoms with Crippen LogP contribution in [0.2, 0.25) is 0 Å². The van der Waals surface area contributed by atoms with Gasteiger partial charge in [-0.05, 0) is 12.8 Å². The Kier molecular flexibility index (Phi) is 4.75. The average Bonchev–Trinajstić information content (AvgIpc) is 2.15. The molecule has 0 spiro atoms. The van der Waals surface area contributed by atoms with E-state index in [-0.39, 0.29) is 17.5 Å². The molecule has 0 bridgehead atoms. The Labute approximate surface area is 97.6 Å². The number of sulfonamides is 1. The molecule has 0 unspecified atom stereocenters. The molecular weight excluding hydrogens is 250 g/mol. The number of hydrogen-bond acceptors (Lipinski definition) is 4. The Morgan fingerprint density at radius 2 is 1.56 bits per heavy atom. The van der Waals surface area contributed by atoms with Gasteiger partial charge in [-0.15, -0.1) is 0 Å². The Morgan fingerprint density at radius 3 is 2.06 bits per heavy atom. The van der Waals surface area contributed by atoms with E-state index in [1.807, 2.05) is 0 Å². The molecule has 1 saturated carbocycles. The van der Waals surface area contributed by atoms with Crippen LogP contribution in [-0.4, -0.2) is 40.6 Å². The Hall–Kier alpha value is -0.140. The van der Waals surface area contributed by atoms with E-state index in [1.54, 1.807) is 0 Å². The summed E-state index contributed by atoms with van der Waals surface area (Å²) in [6.07, 6.45) is 6.00. The molecule has 1 aliphatic rings. The summed E-state index contributed by atoms with van der Waals surface area (Å²) in [4.78, 5) is 0. The lowest BCUT2D eigenvalue weighted by Crippen LogP contribution is -2.38. The first kappa shape index (κ1) is 13.9. The van der Waals surface area contributed by atoms with E-state index in [9.17, 15) is 16.8 Å². The molecule has 0 amide bonds. The van der Waals surface area contributed by atoms with Crippen LogP contribution < -0.4 is 4.72 Å². The van der Waals surface area contributed by atoms with E-state index >= 15 is 0 Å². The van der Waals surface area contributed by atoms with Crippen molar-refractivity contribution in [3.05, 3.63) is 0 Å². The van der Waals surface area contributed by atoms with Crippen molar-refractivity contribution >= 4 is 19.9 Å². The van der Waals surface area contributed by atoms with E-state index in [0.29, 0.717) is 0 Å². The molecule has 1 N–H and O–H groups in total. The van der Waals surface area contributed by atoms with E-state index in [0.717, 1.165) is 38.4 Å². The van der Waals surface area contributed by atoms with Crippen LogP contribution in [0.5, 0.6) is 0 Å². The van der Waals surface area contributed by atoms with Crippen molar-refractivity contribution in [1.82, 2.24) is 4.72 Å². The third-order valence-corrected chi connectivity index (χ3v) is 5.31. The lowest BCUT2D eigenvalue weighted by Gasteiger charge is -2.22. The van der Waals surface area contributed by atoms with E-state index in [4.69, 9.17) is 0 Å². The van der Waals surface area contributed by atoms with Crippen LogP contribution in [-0.2, 0) is 19.9 Å². The molecule has 1 aliphatic carbocycles. The molecule has 16 heavy (non-hydrogen) atoms. The second-order valence-electron chi connectivity index (χ2n) is 4.40. The van der Waals surface area contributed by atoms with Gasteiger partial charge in [-0.1, -0.05) is 19.3 Å². The number of hydrogen-bond donors (Lipinski definition) is 1. The lowest BCUT2D eigenvalue weighted by atomic mass is 9.96. The fourth-order valence-electron chi connectivity index (χ4n) is 1.79. The summed E-state index contributed by atoms with van der Waals surface area (Å²) < 4.78 is 47.5. The highest BCUT2D eigenvalue weighted by atomic mass is 32.2. The minimum absolute atomic E-state index is 0.00156. The monoisotopic (exact) mass is 269 g/mol. The summed E-state index contributed by atoms with van der Waals surface area (Å²) in [5, 5.41) is 0. The van der Waals surface area contributed by atoms with Crippen LogP contribution in [0.4, 0.5) is 0 Å². The van der Waals surface area contributed by atoms with Gasteiger partial charge in [0.25, 0.3) is 0 Å². The van der Waals surface area contributed by atoms with E-state index in [2.05, 4.69) is 4.72 Å². The number of nitrogens with one attached hydrogen (secondary N) is 1. The van der Waals surface area contributed by atoms with Crippen molar-refractivity contribution in [3.8, 4) is 0 Å². The first-order chi connectivity index (χ1) is 7.29. The van der Waals surface area contributed by atoms with Crippen molar-refractivity contribution in [1.29, 1.82) is 0 Å². The summed E-state index contributed by atoms with van der Waals surface area (Å²) in [6.45, 7) is 0. The maximum atomic E-state index is 11.6. The van der Waals surface area contributed by atoms with Crippen molar-refractivity contribution in [3.63, 3.8) is 0 Å². The SMILES string of the molecule is CS(=O)(=O)CCS(=O)(=O)NC1CCCCC1. The zero-order valence-electron chi connectivity index (χ0n) is 9.48. The molecular formula is C9H19NO4S2. The van der Waals surface area contributed by atoms with Crippen LogP contribution in [0, 0.1) is 0 Å². The lowest BCUT2D eigenvalue weighted by molar-refractivity contribution is 0.412. The van der Waals surface area contributed by atoms with Crippen molar-refractivity contribution in [2.45, 2.75) is 38.1 Å². The quantitative estimate of drug-likeness (QED) is 0.777. The molecule has 0 aliphatic heterocycles. The summed E-state index contributed by atoms with van der Waals surface area (Å²) >= 11 is 0. The Bertz CT molecular complexity index is 407. The Morgan fingerprint density at radius 1 is 1.00 bits per heavy atom. The van der Waals surface area contributed by atoms with Gasteiger partial charge in [0.15, 0.2) is 0 Å². The minimum Gasteiger partial charge on any atom is -0.229 e. The summed E-state index contributed by atoms with van der Waals surface area (Å²) in [7, 11) is -6.66. The van der Waals surface area contributed by atoms with E-state index < -0.39 is 19.9 Å². The van der Waals surface area contributed by atoms with E-state index in [1.165, 1.54) is 0 Å². The fourth-order valence-corrected chi connectivity index (χ4v) is 4.74. The molecule has 0 saturated heterocycles. The van der Waals surface area contributed by atoms with Crippen LogP contribution in [0.3, 0.4) is 0 Å². The summed E-state index contributed by atoms with van der Waals surface area (Å²) in [6, 6.07) is -0.00156. The normalized spacial score (nSPS) is 19.8. The van der Waals surface area contributed by atoms with Crippen molar-refractivity contribution in [2.24, 2.45) is 0 Å². The van der Waals surface area contributed by atoms with Gasteiger partial charge in [-0.3, -0.25) is 0 Å². The smallest absolute Gasteiger partial charge is 0.212 e. The highest BCUT2D eigenvalue weighted by molar-refractivity contribution is 7.93. The topological polar surface area (TPSA) is 80.3 Å². The molecule has 5 nitrogen and oxygen atoms in total. The summed E-state index contributed by atoms with van der Waals surface area (Å²) in [5.74, 6) is -0.641. The zero-order valence-corrected chi connectivity index (χ0v) is 11.1. The molecule has 7 heteroatoms. The highest BCUT2D eigenvalue weighted by Gasteiger charge is 2.21. The van der Waals surface area contributed by atoms with Gasteiger partial charge in [0.1, 0.15) is 9.84 Å². The highest BCUT2D eigenvalue weighted by Crippen LogP contribution is 2.18. The second kappa shape index (κ2) is 5.46. The summed E-state index contributed by atoms with van der Waals surface area (Å²) in [5.41, 5.74) is 0. The molecule has 0 aromatic carbocycles. The first-order valence-corrected chi connectivity index (χ1v) is 9.17. The van der Waals surface area contributed by atoms with Gasteiger partial charge in [0, 0.05) is 12.3 Å². The fraction of sp³-hybridized carbons (Fsp3) is 1.00. The van der Waals surface area contributed by atoms with Gasteiger partial charge in [0.2, 0.25) is 10.0 Å². The van der Waals surface area contributed by atoms with Crippen LogP contribution in [0.1, 0.15) is 32.1 Å². The average molecular weight is 269 g/mol. The first-order valence-electron chi connectivity index (χ1n) is 5.46. The van der Waals surface area contributed by atoms with Crippen molar-refractivity contribution < 1.29 is 16.8 Å². The molecule has 1 fully saturated rings. The standard InChI is InChI=1S/C9H19NO4S2/c1-15(11,12)7-8-16(13,14)10-9-5-3-2-4-6-9/h9-10H,2-8H2,1H3. The third kappa shape index (κ3) is 5.81. The predicted octanol–water partition coefficient (Wildman–Crippen LogP) is 0.283. The third-order valence-electron chi connectivity index (χ3n) is 2.67. The van der Waals surface area contributed by atoms with Gasteiger partial charge >= 0.3 is 0 Å². The van der Waals surface area contributed by atoms with Crippen LogP contribution >= 0.6 is 0 Å². The Balaban J connectivity index is 2.44. The minimum atomic E-state index is -3.44. The maximum Gasteiger partial charge on any atom is 0.212 e. The van der Waals surface area contributed by atoms with Gasteiger partial charge in [-0.25, -0.2) is 21.6 Å². The molecule has 0 aromatic rings. The molecule has 0 radical (unpaired) electrons. The zero-order chi connectivity index (χ0) is 12.2. The van der Waals surface area contributed by atoms with Crippen molar-refractivity contribution in [2.75, 3.05) is 17.8 Å². The predicted molar refractivity (Wildman–Crippen MR) is 63.5 cm³/mol. The molecule has 0 aromatic heterocycles. The van der Waals surface area contributed by atoms with Gasteiger partial charge < -0.3 is 0 Å². The molecule has 0 heterocycles.